The van der Waals surface area contributed by atoms with Crippen LogP contribution in [0.5, 0.6) is 5.75 Å². The van der Waals surface area contributed by atoms with Gasteiger partial charge in [0.25, 0.3) is 0 Å². The number of carbonyl (C=O) groups is 1. The summed E-state index contributed by atoms with van der Waals surface area (Å²) in [5.74, 6) is -0.691. The molecule has 0 bridgehead atoms. The Kier molecular flexibility index (Phi) is 7.45. The summed E-state index contributed by atoms with van der Waals surface area (Å²) in [5.41, 5.74) is 0.472. The highest BCUT2D eigenvalue weighted by Crippen LogP contribution is 2.29. The second-order valence-corrected chi connectivity index (χ2v) is 4.17. The molecule has 0 heterocycles. The van der Waals surface area contributed by atoms with Gasteiger partial charge >= 0.3 is 5.97 Å². The van der Waals surface area contributed by atoms with Crippen molar-refractivity contribution in [3.8, 4) is 5.75 Å². The Hall–Kier alpha value is -1.89. The van der Waals surface area contributed by atoms with Crippen molar-refractivity contribution in [1.82, 2.24) is 0 Å². The van der Waals surface area contributed by atoms with Crippen molar-refractivity contribution in [2.45, 2.75) is 19.1 Å². The van der Waals surface area contributed by atoms with Gasteiger partial charge in [-0.25, -0.2) is 4.79 Å². The smallest absolute Gasteiger partial charge is 0.328 e. The van der Waals surface area contributed by atoms with E-state index in [2.05, 4.69) is 0 Å². The number of carboxylic acid groups (broad SMARTS) is 1. The summed E-state index contributed by atoms with van der Waals surface area (Å²) >= 11 is 0. The number of hydrogen-bond acceptors (Lipinski definition) is 5. The first kappa shape index (κ1) is 17.2. The van der Waals surface area contributed by atoms with E-state index in [0.717, 1.165) is 6.08 Å². The Morgan fingerprint density at radius 2 is 2.10 bits per heavy atom. The highest BCUT2D eigenvalue weighted by Gasteiger charge is 2.22. The van der Waals surface area contributed by atoms with E-state index in [1.165, 1.54) is 6.08 Å². The maximum Gasteiger partial charge on any atom is 0.328 e. The summed E-state index contributed by atoms with van der Waals surface area (Å²) in [5, 5.41) is 27.9. The lowest BCUT2D eigenvalue weighted by Gasteiger charge is -2.22. The largest absolute Gasteiger partial charge is 0.491 e. The molecule has 21 heavy (non-hydrogen) atoms. The van der Waals surface area contributed by atoms with E-state index >= 15 is 0 Å². The molecular formula is C15H20O6. The van der Waals surface area contributed by atoms with Crippen LogP contribution >= 0.6 is 0 Å². The highest BCUT2D eigenvalue weighted by molar-refractivity contribution is 5.79. The van der Waals surface area contributed by atoms with Crippen LogP contribution in [0, 0.1) is 0 Å². The molecule has 0 radical (unpaired) electrons. The van der Waals surface area contributed by atoms with E-state index in [1.54, 1.807) is 31.2 Å². The van der Waals surface area contributed by atoms with Crippen LogP contribution in [0.25, 0.3) is 0 Å². The second kappa shape index (κ2) is 9.12. The van der Waals surface area contributed by atoms with Crippen LogP contribution in [0.4, 0.5) is 0 Å². The maximum atomic E-state index is 10.6. The number of benzene rings is 1. The standard InChI is InChI=1S/C15H20O6/c1-2-20-13(7-8-14(17)18)15(19)11-5-3-4-6-12(11)21-10-9-16/h3-8,13,15-16,19H,2,9-10H2,1H3,(H,17,18)/b8-7+/t13-,15-/m1/s1. The molecule has 1 rings (SSSR count). The zero-order chi connectivity index (χ0) is 15.7. The average molecular weight is 296 g/mol. The number of rotatable bonds is 9. The first-order valence-corrected chi connectivity index (χ1v) is 6.63. The lowest BCUT2D eigenvalue weighted by Crippen LogP contribution is -2.21. The molecule has 0 aliphatic carbocycles. The number of aliphatic hydroxyl groups is 2. The summed E-state index contributed by atoms with van der Waals surface area (Å²) in [4.78, 5) is 10.6. The van der Waals surface area contributed by atoms with Crippen LogP contribution in [-0.2, 0) is 9.53 Å². The van der Waals surface area contributed by atoms with Gasteiger partial charge in [-0.05, 0) is 19.1 Å². The van der Waals surface area contributed by atoms with Crippen molar-refractivity contribution in [2.75, 3.05) is 19.8 Å². The minimum Gasteiger partial charge on any atom is -0.491 e. The van der Waals surface area contributed by atoms with Gasteiger partial charge in [-0.2, -0.15) is 0 Å². The van der Waals surface area contributed by atoms with E-state index < -0.39 is 18.2 Å². The topological polar surface area (TPSA) is 96.2 Å². The van der Waals surface area contributed by atoms with Crippen molar-refractivity contribution in [2.24, 2.45) is 0 Å². The first-order valence-electron chi connectivity index (χ1n) is 6.63. The molecule has 0 aliphatic heterocycles. The summed E-state index contributed by atoms with van der Waals surface area (Å²) in [7, 11) is 0. The van der Waals surface area contributed by atoms with Gasteiger partial charge in [-0.15, -0.1) is 0 Å². The third-order valence-electron chi connectivity index (χ3n) is 2.69. The van der Waals surface area contributed by atoms with Gasteiger partial charge in [0.2, 0.25) is 0 Å². The Morgan fingerprint density at radius 3 is 2.71 bits per heavy atom. The van der Waals surface area contributed by atoms with E-state index in [9.17, 15) is 9.90 Å². The number of aliphatic hydroxyl groups excluding tert-OH is 2. The predicted octanol–water partition coefficient (Wildman–Crippen LogP) is 1.14. The third kappa shape index (κ3) is 5.55. The van der Waals surface area contributed by atoms with Gasteiger partial charge < -0.3 is 24.8 Å². The first-order chi connectivity index (χ1) is 10.1. The van der Waals surface area contributed by atoms with Crippen LogP contribution in [0.1, 0.15) is 18.6 Å². The fraction of sp³-hybridized carbons (Fsp3) is 0.400. The minimum atomic E-state index is -1.11. The maximum absolute atomic E-state index is 10.6. The zero-order valence-corrected chi connectivity index (χ0v) is 11.8. The molecule has 0 saturated carbocycles. The molecule has 0 aliphatic rings. The molecular weight excluding hydrogens is 276 g/mol. The average Bonchev–Trinajstić information content (AvgIpc) is 2.48. The van der Waals surface area contributed by atoms with E-state index in [1.807, 2.05) is 0 Å². The number of hydrogen-bond donors (Lipinski definition) is 3. The molecule has 116 valence electrons. The van der Waals surface area contributed by atoms with E-state index in [4.69, 9.17) is 19.7 Å². The van der Waals surface area contributed by atoms with Crippen LogP contribution in [0.2, 0.25) is 0 Å². The fourth-order valence-corrected chi connectivity index (χ4v) is 1.81. The molecule has 6 nitrogen and oxygen atoms in total. The normalized spacial score (nSPS) is 14.0. The molecule has 0 fully saturated rings. The van der Waals surface area contributed by atoms with Crippen LogP contribution < -0.4 is 4.74 Å². The Labute approximate surface area is 123 Å². The second-order valence-electron chi connectivity index (χ2n) is 4.17. The Balaban J connectivity index is 2.96. The van der Waals surface area contributed by atoms with Gasteiger partial charge in [0, 0.05) is 18.2 Å². The van der Waals surface area contributed by atoms with Gasteiger partial charge in [-0.3, -0.25) is 0 Å². The Bertz CT molecular complexity index is 471. The molecule has 6 heteroatoms. The lowest BCUT2D eigenvalue weighted by molar-refractivity contribution is -0.131. The Morgan fingerprint density at radius 1 is 1.38 bits per heavy atom. The number of ether oxygens (including phenoxy) is 2. The molecule has 1 aromatic rings. The molecule has 0 spiro atoms. The van der Waals surface area contributed by atoms with Crippen LogP contribution in [0.3, 0.4) is 0 Å². The fourth-order valence-electron chi connectivity index (χ4n) is 1.81. The van der Waals surface area contributed by atoms with Crippen LogP contribution in [-0.4, -0.2) is 47.2 Å². The number of carboxylic acids is 1. The van der Waals surface area contributed by atoms with Crippen molar-refractivity contribution in [3.05, 3.63) is 42.0 Å². The van der Waals surface area contributed by atoms with Crippen LogP contribution in [0.15, 0.2) is 36.4 Å². The SMILES string of the molecule is CCO[C@H](/C=C/C(=O)O)[C@H](O)c1ccccc1OCCO. The number of para-hydroxylation sites is 1. The van der Waals surface area contributed by atoms with Crippen molar-refractivity contribution in [1.29, 1.82) is 0 Å². The third-order valence-corrected chi connectivity index (χ3v) is 2.69. The summed E-state index contributed by atoms with van der Waals surface area (Å²) < 4.78 is 10.7. The molecule has 1 aromatic carbocycles. The summed E-state index contributed by atoms with van der Waals surface area (Å²) in [6, 6.07) is 6.80. The van der Waals surface area contributed by atoms with Gasteiger partial charge in [0.1, 0.15) is 24.6 Å². The van der Waals surface area contributed by atoms with Gasteiger partial charge in [0.05, 0.1) is 6.61 Å². The molecule has 0 amide bonds. The van der Waals surface area contributed by atoms with Crippen molar-refractivity contribution >= 4 is 5.97 Å². The molecule has 3 N–H and O–H groups in total. The highest BCUT2D eigenvalue weighted by atomic mass is 16.5. The lowest BCUT2D eigenvalue weighted by atomic mass is 10.0. The van der Waals surface area contributed by atoms with Crippen molar-refractivity contribution in [3.63, 3.8) is 0 Å². The summed E-state index contributed by atoms with van der Waals surface area (Å²) in [6.45, 7) is 2.04. The number of aliphatic carboxylic acids is 1. The minimum absolute atomic E-state index is 0.105. The molecule has 0 unspecified atom stereocenters. The zero-order valence-electron chi connectivity index (χ0n) is 11.8. The summed E-state index contributed by atoms with van der Waals surface area (Å²) in [6.07, 6.45) is 0.348. The van der Waals surface area contributed by atoms with Gasteiger partial charge in [-0.1, -0.05) is 18.2 Å². The molecule has 0 aromatic heterocycles. The van der Waals surface area contributed by atoms with E-state index in [0.29, 0.717) is 17.9 Å². The molecule has 0 saturated heterocycles. The monoisotopic (exact) mass is 296 g/mol. The molecule has 2 atom stereocenters. The van der Waals surface area contributed by atoms with E-state index in [-0.39, 0.29) is 13.2 Å². The van der Waals surface area contributed by atoms with Gasteiger partial charge in [0.15, 0.2) is 0 Å². The quantitative estimate of drug-likeness (QED) is 0.591. The predicted molar refractivity (Wildman–Crippen MR) is 76.2 cm³/mol. The van der Waals surface area contributed by atoms with Crippen molar-refractivity contribution < 1.29 is 29.6 Å².